The molecule has 1 aromatic heterocycles. The summed E-state index contributed by atoms with van der Waals surface area (Å²) in [5.41, 5.74) is 3.91. The third-order valence-corrected chi connectivity index (χ3v) is 17.2. The number of piperidine rings is 2. The van der Waals surface area contributed by atoms with Gasteiger partial charge in [0.2, 0.25) is 17.7 Å². The predicted molar refractivity (Wildman–Crippen MR) is 278 cm³/mol. The molecule has 3 saturated heterocycles. The van der Waals surface area contributed by atoms with Crippen molar-refractivity contribution < 1.29 is 37.1 Å². The smallest absolute Gasteiger partial charge is 0.264 e. The van der Waals surface area contributed by atoms with Crippen LogP contribution in [-0.2, 0) is 37.1 Å². The Bertz CT molecular complexity index is 2740. The molecule has 0 aliphatic carbocycles. The van der Waals surface area contributed by atoms with Crippen molar-refractivity contribution in [3.8, 4) is 5.75 Å². The first kappa shape index (κ1) is 53.0. The number of anilines is 2. The number of unbranched alkanes of at least 4 members (excludes halogenated alkanes) is 8. The van der Waals surface area contributed by atoms with Gasteiger partial charge in [0.15, 0.2) is 9.84 Å². The molecule has 3 aromatic carbocycles. The lowest BCUT2D eigenvalue weighted by molar-refractivity contribution is -0.136. The van der Waals surface area contributed by atoms with Gasteiger partial charge in [-0.2, -0.15) is 0 Å². The van der Waals surface area contributed by atoms with E-state index < -0.39 is 44.8 Å². The van der Waals surface area contributed by atoms with Gasteiger partial charge >= 0.3 is 0 Å². The van der Waals surface area contributed by atoms with Gasteiger partial charge in [0, 0.05) is 101 Å². The lowest BCUT2D eigenvalue weighted by Gasteiger charge is -2.43. The number of carbonyl (C=O) groups is 5. The highest BCUT2D eigenvalue weighted by molar-refractivity contribution is 7.92. The number of amides is 5. The molecule has 4 aromatic rings. The number of nitrogens with zero attached hydrogens (tertiary/aromatic N) is 7. The van der Waals surface area contributed by atoms with Gasteiger partial charge in [0.25, 0.3) is 11.8 Å². The number of carbonyl (C=O) groups excluding carboxylic acids is 5. The Morgan fingerprint density at radius 1 is 0.767 bits per heavy atom. The van der Waals surface area contributed by atoms with Crippen LogP contribution in [0.4, 0.5) is 11.4 Å². The molecular weight excluding hydrogens is 947 g/mol. The minimum Gasteiger partial charge on any atom is -0.496 e. The molecule has 2 N–H and O–H groups in total. The molecule has 4 aliphatic rings. The first-order chi connectivity index (χ1) is 35.3. The minimum absolute atomic E-state index is 0.0878. The zero-order valence-electron chi connectivity index (χ0n) is 42.7. The molecule has 5 heterocycles. The van der Waals surface area contributed by atoms with Gasteiger partial charge in [0.1, 0.15) is 29.8 Å². The number of methoxy groups -OCH3 is 1. The Labute approximate surface area is 429 Å². The maximum Gasteiger partial charge on any atom is 0.264 e. The minimum atomic E-state index is -3.46. The van der Waals surface area contributed by atoms with E-state index in [0.29, 0.717) is 58.8 Å². The van der Waals surface area contributed by atoms with Crippen molar-refractivity contribution in [1.29, 1.82) is 0 Å². The maximum absolute atomic E-state index is 13.3. The summed E-state index contributed by atoms with van der Waals surface area (Å²) in [6.07, 6.45) is 14.9. The van der Waals surface area contributed by atoms with Crippen LogP contribution in [0.1, 0.15) is 147 Å². The quantitative estimate of drug-likeness (QED) is 0.0582. The molecule has 0 radical (unpaired) electrons. The van der Waals surface area contributed by atoms with Gasteiger partial charge < -0.3 is 19.9 Å². The van der Waals surface area contributed by atoms with Gasteiger partial charge in [-0.25, -0.2) is 23.4 Å². The number of benzene rings is 3. The topological polar surface area (TPSA) is 204 Å². The van der Waals surface area contributed by atoms with Crippen LogP contribution < -0.4 is 20.3 Å². The Morgan fingerprint density at radius 3 is 2.12 bits per heavy atom. The Balaban J connectivity index is 0.673. The van der Waals surface area contributed by atoms with E-state index in [-0.39, 0.29) is 30.7 Å². The van der Waals surface area contributed by atoms with Crippen LogP contribution in [0.25, 0.3) is 0 Å². The Hall–Kier alpha value is -6.27. The predicted octanol–water partition coefficient (Wildman–Crippen LogP) is 6.77. The van der Waals surface area contributed by atoms with Crippen LogP contribution in [-0.4, -0.2) is 138 Å². The number of hydrogen-bond acceptors (Lipinski definition) is 14. The zero-order chi connectivity index (χ0) is 51.5. The lowest BCUT2D eigenvalue weighted by Crippen LogP contribution is -2.54. The van der Waals surface area contributed by atoms with Crippen molar-refractivity contribution >= 4 is 50.7 Å². The fourth-order valence-corrected chi connectivity index (χ4v) is 11.9. The largest absolute Gasteiger partial charge is 0.496 e. The first-order valence-corrected chi connectivity index (χ1v) is 27.9. The Kier molecular flexibility index (Phi) is 17.9. The van der Waals surface area contributed by atoms with Gasteiger partial charge in [-0.05, 0) is 75.8 Å². The molecule has 18 heteroatoms. The zero-order valence-corrected chi connectivity index (χ0v) is 43.5. The molecule has 3 fully saturated rings. The van der Waals surface area contributed by atoms with Crippen LogP contribution in [0.3, 0.4) is 0 Å². The van der Waals surface area contributed by atoms with E-state index in [1.165, 1.54) is 12.7 Å². The summed E-state index contributed by atoms with van der Waals surface area (Å²) in [5, 5.41) is 5.04. The van der Waals surface area contributed by atoms with Gasteiger partial charge in [-0.1, -0.05) is 75.3 Å². The second kappa shape index (κ2) is 24.6. The summed E-state index contributed by atoms with van der Waals surface area (Å²) in [6.45, 7) is 9.33. The average Bonchev–Trinajstić information content (AvgIpc) is 3.65. The molecule has 8 rings (SSSR count). The van der Waals surface area contributed by atoms with Crippen LogP contribution in [0.2, 0.25) is 0 Å². The van der Waals surface area contributed by atoms with Crippen molar-refractivity contribution in [1.82, 2.24) is 35.0 Å². The second-order valence-corrected chi connectivity index (χ2v) is 22.5. The van der Waals surface area contributed by atoms with Crippen molar-refractivity contribution in [3.05, 3.63) is 101 Å². The van der Waals surface area contributed by atoms with E-state index >= 15 is 0 Å². The summed E-state index contributed by atoms with van der Waals surface area (Å²) >= 11 is 0. The molecule has 73 heavy (non-hydrogen) atoms. The molecule has 1 unspecified atom stereocenters. The number of piperazine rings is 1. The number of ether oxygens (including phenoxy) is 1. The molecule has 390 valence electrons. The molecule has 17 nitrogen and oxygen atoms in total. The van der Waals surface area contributed by atoms with E-state index in [0.717, 1.165) is 125 Å². The highest BCUT2D eigenvalue weighted by atomic mass is 32.2. The monoisotopic (exact) mass is 1020 g/mol. The van der Waals surface area contributed by atoms with Crippen LogP contribution in [0, 0.1) is 0 Å². The summed E-state index contributed by atoms with van der Waals surface area (Å²) in [6, 6.07) is 18.0. The molecule has 0 spiro atoms. The third-order valence-electron chi connectivity index (χ3n) is 14.9. The highest BCUT2D eigenvalue weighted by Gasteiger charge is 2.45. The Morgan fingerprint density at radius 2 is 1.44 bits per heavy atom. The van der Waals surface area contributed by atoms with E-state index in [2.05, 4.69) is 53.5 Å². The SMILES string of the molecule is COc1cc(N2CCC(N3CCN(C(=O)CCCCCCCCCCCNc4cccc5c4C(=O)N(C4CCC(=O)NC4=O)C5=O)CC3)CC2)ccc1Cc1ncnc(Cc2ccccc2S(=O)(=O)C(C)C)n1. The number of sulfone groups is 1. The molecule has 5 amide bonds. The molecule has 4 aliphatic heterocycles. The van der Waals surface area contributed by atoms with Crippen molar-refractivity contribution in [2.75, 3.05) is 63.1 Å². The fraction of sp³-hybridized carbons (Fsp3) is 0.527. The number of nitrogens with one attached hydrogen (secondary N) is 2. The van der Waals surface area contributed by atoms with Gasteiger partial charge in [0.05, 0.1) is 28.4 Å². The van der Waals surface area contributed by atoms with E-state index in [9.17, 15) is 32.4 Å². The normalized spacial score (nSPS) is 17.9. The fourth-order valence-electron chi connectivity index (χ4n) is 10.6. The van der Waals surface area contributed by atoms with Gasteiger partial charge in [-0.15, -0.1) is 0 Å². The van der Waals surface area contributed by atoms with Crippen molar-refractivity contribution in [2.24, 2.45) is 0 Å². The number of hydrogen-bond donors (Lipinski definition) is 2. The molecule has 0 bridgehead atoms. The third kappa shape index (κ3) is 12.9. The van der Waals surface area contributed by atoms with E-state index in [1.807, 2.05) is 12.1 Å². The number of rotatable bonds is 23. The number of fused-ring (bicyclic) bond motifs is 1. The highest BCUT2D eigenvalue weighted by Crippen LogP contribution is 2.34. The first-order valence-electron chi connectivity index (χ1n) is 26.3. The molecular formula is C55H71N9O8S. The number of aromatic nitrogens is 3. The standard InChI is InChI=1S/C55H71N9O8S/c1-38(2)73(70,71)47-19-13-12-16-40(47)35-49-58-37-57-48(59-49)34-39-21-22-42(36-46(39)72-3)61-28-25-41(26-29-61)62-30-32-63(33-31-62)51(66)20-11-9-7-5-4-6-8-10-14-27-56-44-18-15-17-43-52(44)55(69)64(54(43)68)45-23-24-50(65)60-53(45)67/h12-13,15-19,21-22,36-38,41,45,56H,4-11,14,20,23-35H2,1-3H3,(H,60,65,67). The summed E-state index contributed by atoms with van der Waals surface area (Å²) in [4.78, 5) is 85.5. The van der Waals surface area contributed by atoms with Crippen molar-refractivity contribution in [3.63, 3.8) is 0 Å². The maximum atomic E-state index is 13.3. The van der Waals surface area contributed by atoms with E-state index in [1.54, 1.807) is 51.3 Å². The van der Waals surface area contributed by atoms with Crippen molar-refractivity contribution in [2.45, 2.75) is 139 Å². The summed E-state index contributed by atoms with van der Waals surface area (Å²) < 4.78 is 31.9. The molecule has 0 saturated carbocycles. The summed E-state index contributed by atoms with van der Waals surface area (Å²) in [5.74, 6) is 0.136. The van der Waals surface area contributed by atoms with Crippen LogP contribution in [0.15, 0.2) is 71.9 Å². The van der Waals surface area contributed by atoms with E-state index in [4.69, 9.17) is 9.72 Å². The molecule has 1 atom stereocenters. The second-order valence-electron chi connectivity index (χ2n) is 20.0. The number of imide groups is 2. The van der Waals surface area contributed by atoms with Gasteiger partial charge in [-0.3, -0.25) is 39.1 Å². The average molecular weight is 1020 g/mol. The van der Waals surface area contributed by atoms with Crippen LogP contribution >= 0.6 is 0 Å². The lowest BCUT2D eigenvalue weighted by atomic mass is 10.0. The summed E-state index contributed by atoms with van der Waals surface area (Å²) in [7, 11) is -1.78. The van der Waals surface area contributed by atoms with Crippen LogP contribution in [0.5, 0.6) is 5.75 Å².